The highest BCUT2D eigenvalue weighted by molar-refractivity contribution is 5.99. The Kier molecular flexibility index (Phi) is 2.76. The number of aromatic nitrogens is 2. The second-order valence-corrected chi connectivity index (χ2v) is 4.26. The van der Waals surface area contributed by atoms with Gasteiger partial charge in [0.25, 0.3) is 5.56 Å². The Labute approximate surface area is 110 Å². The zero-order valence-corrected chi connectivity index (χ0v) is 10.5. The first-order valence-electron chi connectivity index (χ1n) is 6.05. The number of hydrogen-bond donors (Lipinski definition) is 2. The van der Waals surface area contributed by atoms with Crippen molar-refractivity contribution >= 4 is 16.5 Å². The highest BCUT2D eigenvalue weighted by atomic mass is 16.1. The minimum Gasteiger partial charge on any atom is -0.383 e. The van der Waals surface area contributed by atoms with Gasteiger partial charge in [-0.05, 0) is 16.3 Å². The lowest BCUT2D eigenvalue weighted by molar-refractivity contribution is 0.992. The lowest BCUT2D eigenvalue weighted by atomic mass is 9.99. The largest absolute Gasteiger partial charge is 0.383 e. The summed E-state index contributed by atoms with van der Waals surface area (Å²) in [6, 6.07) is 14.1. The van der Waals surface area contributed by atoms with Crippen LogP contribution in [-0.4, -0.2) is 17.2 Å². The Hall–Kier alpha value is -2.62. The molecule has 0 atom stereocenters. The van der Waals surface area contributed by atoms with Gasteiger partial charge >= 0.3 is 0 Å². The third-order valence-electron chi connectivity index (χ3n) is 3.19. The molecule has 2 N–H and O–H groups in total. The average molecular weight is 251 g/mol. The van der Waals surface area contributed by atoms with Crippen molar-refractivity contribution in [2.75, 3.05) is 12.4 Å². The molecule has 4 heteroatoms. The molecule has 0 radical (unpaired) electrons. The molecule has 0 amide bonds. The fraction of sp³-hybridized carbons (Fsp3) is 0.0667. The van der Waals surface area contributed by atoms with Crippen molar-refractivity contribution in [2.45, 2.75) is 0 Å². The molecule has 0 bridgehead atoms. The average Bonchev–Trinajstić information content (AvgIpc) is 2.46. The van der Waals surface area contributed by atoms with Crippen molar-refractivity contribution in [1.29, 1.82) is 0 Å². The van der Waals surface area contributed by atoms with Gasteiger partial charge in [0.2, 0.25) is 0 Å². The highest BCUT2D eigenvalue weighted by Crippen LogP contribution is 2.30. The van der Waals surface area contributed by atoms with Crippen molar-refractivity contribution in [1.82, 2.24) is 10.2 Å². The summed E-state index contributed by atoms with van der Waals surface area (Å²) in [5.41, 5.74) is 2.13. The molecule has 1 heterocycles. The van der Waals surface area contributed by atoms with Gasteiger partial charge in [-0.25, -0.2) is 5.10 Å². The van der Waals surface area contributed by atoms with Crippen LogP contribution in [0.4, 0.5) is 5.69 Å². The summed E-state index contributed by atoms with van der Waals surface area (Å²) < 4.78 is 0. The number of fused-ring (bicyclic) bond motifs is 1. The Morgan fingerprint density at radius 2 is 1.84 bits per heavy atom. The molecule has 2 aromatic carbocycles. The lowest BCUT2D eigenvalue weighted by Crippen LogP contribution is -2.14. The summed E-state index contributed by atoms with van der Waals surface area (Å²) in [5, 5.41) is 11.5. The van der Waals surface area contributed by atoms with Crippen LogP contribution >= 0.6 is 0 Å². The van der Waals surface area contributed by atoms with Crippen LogP contribution < -0.4 is 10.9 Å². The monoisotopic (exact) mass is 251 g/mol. The van der Waals surface area contributed by atoms with Gasteiger partial charge in [-0.15, -0.1) is 0 Å². The summed E-state index contributed by atoms with van der Waals surface area (Å²) in [6.45, 7) is 0. The summed E-state index contributed by atoms with van der Waals surface area (Å²) in [4.78, 5) is 11.8. The Morgan fingerprint density at radius 1 is 1.05 bits per heavy atom. The van der Waals surface area contributed by atoms with Gasteiger partial charge in [0.1, 0.15) is 5.69 Å². The maximum Gasteiger partial charge on any atom is 0.288 e. The van der Waals surface area contributed by atoms with E-state index in [0.29, 0.717) is 5.69 Å². The molecule has 0 aliphatic carbocycles. The van der Waals surface area contributed by atoms with Crippen molar-refractivity contribution < 1.29 is 0 Å². The first-order valence-corrected chi connectivity index (χ1v) is 6.05. The van der Waals surface area contributed by atoms with E-state index in [0.717, 1.165) is 21.9 Å². The predicted octanol–water partition coefficient (Wildman–Crippen LogP) is 2.63. The second-order valence-electron chi connectivity index (χ2n) is 4.26. The smallest absolute Gasteiger partial charge is 0.288 e. The van der Waals surface area contributed by atoms with Crippen LogP contribution in [0.2, 0.25) is 0 Å². The fourth-order valence-electron chi connectivity index (χ4n) is 2.31. The van der Waals surface area contributed by atoms with Crippen LogP contribution in [0.5, 0.6) is 0 Å². The van der Waals surface area contributed by atoms with E-state index in [2.05, 4.69) is 27.6 Å². The molecule has 3 aromatic rings. The minimum atomic E-state index is -0.215. The Bertz CT molecular complexity index is 787. The van der Waals surface area contributed by atoms with E-state index in [1.54, 1.807) is 13.2 Å². The number of hydrogen-bond acceptors (Lipinski definition) is 3. The SMILES string of the molecule is CNc1c(-c2cccc3ccccc23)cn[nH]c1=O. The molecule has 0 saturated heterocycles. The molecule has 0 saturated carbocycles. The van der Waals surface area contributed by atoms with Gasteiger partial charge in [-0.2, -0.15) is 5.10 Å². The van der Waals surface area contributed by atoms with E-state index in [1.807, 2.05) is 30.3 Å². The van der Waals surface area contributed by atoms with Crippen molar-refractivity contribution in [3.05, 3.63) is 59.0 Å². The lowest BCUT2D eigenvalue weighted by Gasteiger charge is -2.10. The Balaban J connectivity index is 2.37. The summed E-state index contributed by atoms with van der Waals surface area (Å²) in [7, 11) is 1.74. The van der Waals surface area contributed by atoms with Crippen LogP contribution in [0.15, 0.2) is 53.5 Å². The van der Waals surface area contributed by atoms with E-state index < -0.39 is 0 Å². The van der Waals surface area contributed by atoms with Gasteiger partial charge in [0, 0.05) is 12.6 Å². The van der Waals surface area contributed by atoms with E-state index in [-0.39, 0.29) is 5.56 Å². The fourth-order valence-corrected chi connectivity index (χ4v) is 2.31. The van der Waals surface area contributed by atoms with E-state index >= 15 is 0 Å². The zero-order chi connectivity index (χ0) is 13.2. The van der Waals surface area contributed by atoms with E-state index in [1.165, 1.54) is 0 Å². The van der Waals surface area contributed by atoms with Gasteiger partial charge in [-0.3, -0.25) is 4.79 Å². The summed E-state index contributed by atoms with van der Waals surface area (Å²) in [5.74, 6) is 0. The number of aromatic amines is 1. The van der Waals surface area contributed by atoms with Crippen molar-refractivity contribution in [3.63, 3.8) is 0 Å². The minimum absolute atomic E-state index is 0.215. The van der Waals surface area contributed by atoms with Gasteiger partial charge in [0.05, 0.1) is 6.20 Å². The molecule has 1 aromatic heterocycles. The number of anilines is 1. The number of benzene rings is 2. The third kappa shape index (κ3) is 1.87. The van der Waals surface area contributed by atoms with Crippen molar-refractivity contribution in [3.8, 4) is 11.1 Å². The molecule has 0 aliphatic rings. The van der Waals surface area contributed by atoms with E-state index in [9.17, 15) is 4.79 Å². The number of rotatable bonds is 2. The van der Waals surface area contributed by atoms with E-state index in [4.69, 9.17) is 0 Å². The number of H-pyrrole nitrogens is 1. The molecule has 94 valence electrons. The molecule has 0 fully saturated rings. The van der Waals surface area contributed by atoms with Crippen LogP contribution in [0.25, 0.3) is 21.9 Å². The molecule has 19 heavy (non-hydrogen) atoms. The molecule has 3 rings (SSSR count). The van der Waals surface area contributed by atoms with Gasteiger partial charge < -0.3 is 5.32 Å². The third-order valence-corrected chi connectivity index (χ3v) is 3.19. The van der Waals surface area contributed by atoms with Gasteiger partial charge in [-0.1, -0.05) is 42.5 Å². The maximum atomic E-state index is 11.8. The molecular weight excluding hydrogens is 238 g/mol. The van der Waals surface area contributed by atoms with Crippen LogP contribution in [-0.2, 0) is 0 Å². The van der Waals surface area contributed by atoms with Crippen LogP contribution in [0.3, 0.4) is 0 Å². The Morgan fingerprint density at radius 3 is 2.68 bits per heavy atom. The second kappa shape index (κ2) is 4.57. The van der Waals surface area contributed by atoms with Crippen LogP contribution in [0.1, 0.15) is 0 Å². The number of nitrogens with one attached hydrogen (secondary N) is 2. The first kappa shape index (κ1) is 11.5. The molecular formula is C15H13N3O. The normalized spacial score (nSPS) is 10.6. The topological polar surface area (TPSA) is 57.8 Å². The predicted molar refractivity (Wildman–Crippen MR) is 77.3 cm³/mol. The highest BCUT2D eigenvalue weighted by Gasteiger charge is 2.10. The zero-order valence-electron chi connectivity index (χ0n) is 10.5. The van der Waals surface area contributed by atoms with Crippen molar-refractivity contribution in [2.24, 2.45) is 0 Å². The summed E-state index contributed by atoms with van der Waals surface area (Å²) in [6.07, 6.45) is 1.68. The van der Waals surface area contributed by atoms with Crippen LogP contribution in [0, 0.1) is 0 Å². The molecule has 0 spiro atoms. The molecule has 4 nitrogen and oxygen atoms in total. The first-order chi connectivity index (χ1) is 9.31. The summed E-state index contributed by atoms with van der Waals surface area (Å²) >= 11 is 0. The standard InChI is InChI=1S/C15H13N3O/c1-16-14-13(9-17-18-15(14)19)12-8-4-6-10-5-2-3-7-11(10)12/h2-9H,1H3,(H,16,17)(H,18,19). The van der Waals surface area contributed by atoms with Gasteiger partial charge in [0.15, 0.2) is 0 Å². The molecule has 0 unspecified atom stereocenters. The number of nitrogens with zero attached hydrogens (tertiary/aromatic N) is 1. The maximum absolute atomic E-state index is 11.8. The molecule has 0 aliphatic heterocycles. The quantitative estimate of drug-likeness (QED) is 0.736.